The van der Waals surface area contributed by atoms with Crippen LogP contribution < -0.4 is 14.2 Å². The Kier molecular flexibility index (Phi) is 7.92. The summed E-state index contributed by atoms with van der Waals surface area (Å²) in [4.78, 5) is 2.51. The number of rotatable bonds is 9. The van der Waals surface area contributed by atoms with Crippen LogP contribution in [-0.2, 0) is 12.8 Å². The summed E-state index contributed by atoms with van der Waals surface area (Å²) in [6.07, 6.45) is 6.92. The molecule has 0 unspecified atom stereocenters. The van der Waals surface area contributed by atoms with Crippen molar-refractivity contribution in [3.8, 4) is 17.2 Å². The Balaban J connectivity index is 1.35. The number of likely N-dealkylation sites (tertiary alicyclic amines) is 1. The number of ether oxygens (including phenoxy) is 3. The van der Waals surface area contributed by atoms with Crippen molar-refractivity contribution in [3.63, 3.8) is 0 Å². The highest BCUT2D eigenvalue weighted by Gasteiger charge is 2.21. The summed E-state index contributed by atoms with van der Waals surface area (Å²) in [5, 5.41) is 0. The quantitative estimate of drug-likeness (QED) is 0.340. The minimum Gasteiger partial charge on any atom is -0.497 e. The summed E-state index contributed by atoms with van der Waals surface area (Å²) in [6, 6.07) is 23.6. The number of fused-ring (bicyclic) bond motifs is 1. The lowest BCUT2D eigenvalue weighted by Crippen LogP contribution is -2.33. The molecule has 1 aliphatic heterocycles. The van der Waals surface area contributed by atoms with Crippen molar-refractivity contribution in [2.45, 2.75) is 38.5 Å². The van der Waals surface area contributed by atoms with E-state index in [0.29, 0.717) is 0 Å². The second-order valence-corrected chi connectivity index (χ2v) is 9.78. The lowest BCUT2D eigenvalue weighted by atomic mass is 9.80. The predicted molar refractivity (Wildman–Crippen MR) is 147 cm³/mol. The van der Waals surface area contributed by atoms with Gasteiger partial charge >= 0.3 is 0 Å². The molecule has 1 heterocycles. The van der Waals surface area contributed by atoms with Crippen molar-refractivity contribution >= 4 is 11.1 Å². The van der Waals surface area contributed by atoms with Gasteiger partial charge in [0.2, 0.25) is 0 Å². The van der Waals surface area contributed by atoms with Gasteiger partial charge in [0.1, 0.15) is 23.9 Å². The van der Waals surface area contributed by atoms with E-state index in [0.717, 1.165) is 49.7 Å². The van der Waals surface area contributed by atoms with Crippen molar-refractivity contribution in [2.24, 2.45) is 0 Å². The number of methoxy groups -OCH3 is 2. The second-order valence-electron chi connectivity index (χ2n) is 9.78. The molecule has 3 aromatic carbocycles. The first-order valence-electron chi connectivity index (χ1n) is 13.2. The lowest BCUT2D eigenvalue weighted by molar-refractivity contribution is 0.183. The van der Waals surface area contributed by atoms with Crippen LogP contribution in [0, 0.1) is 0 Å². The Morgan fingerprint density at radius 3 is 2.14 bits per heavy atom. The molecular formula is C32H37NO3. The van der Waals surface area contributed by atoms with Crippen LogP contribution >= 0.6 is 0 Å². The van der Waals surface area contributed by atoms with Crippen LogP contribution in [0.15, 0.2) is 66.7 Å². The zero-order chi connectivity index (χ0) is 24.7. The maximum absolute atomic E-state index is 6.07. The van der Waals surface area contributed by atoms with E-state index in [-0.39, 0.29) is 0 Å². The second kappa shape index (κ2) is 11.7. The van der Waals surface area contributed by atoms with Gasteiger partial charge in [-0.2, -0.15) is 0 Å². The first-order valence-corrected chi connectivity index (χ1v) is 13.2. The van der Waals surface area contributed by atoms with Gasteiger partial charge in [0.15, 0.2) is 0 Å². The standard InChI is InChI=1S/C32H37NO3/c1-34-27-13-8-25(9-14-27)30-16-10-26-23-29(35-2)15-17-31(26)32(30)22-24-6-11-28(12-7-24)36-21-20-33-18-4-3-5-19-33/h6-9,11-15,17,23H,3-5,10,16,18-22H2,1-2H3. The van der Waals surface area contributed by atoms with Crippen LogP contribution in [0.4, 0.5) is 0 Å². The highest BCUT2D eigenvalue weighted by atomic mass is 16.5. The van der Waals surface area contributed by atoms with E-state index in [1.54, 1.807) is 14.2 Å². The SMILES string of the molecule is COc1ccc(C2=C(Cc3ccc(OCCN4CCCCC4)cc3)c3ccc(OC)cc3CC2)cc1. The number of aryl methyl sites for hydroxylation is 1. The molecule has 0 aromatic heterocycles. The van der Waals surface area contributed by atoms with E-state index in [2.05, 4.69) is 71.6 Å². The molecule has 0 radical (unpaired) electrons. The van der Waals surface area contributed by atoms with Crippen molar-refractivity contribution < 1.29 is 14.2 Å². The molecule has 36 heavy (non-hydrogen) atoms. The van der Waals surface area contributed by atoms with E-state index in [4.69, 9.17) is 14.2 Å². The van der Waals surface area contributed by atoms with E-state index < -0.39 is 0 Å². The highest BCUT2D eigenvalue weighted by Crippen LogP contribution is 2.40. The molecule has 0 atom stereocenters. The molecule has 1 saturated heterocycles. The van der Waals surface area contributed by atoms with Gasteiger partial charge in [0.25, 0.3) is 0 Å². The summed E-state index contributed by atoms with van der Waals surface area (Å²) in [5.41, 5.74) is 8.06. The molecule has 0 bridgehead atoms. The van der Waals surface area contributed by atoms with E-state index in [1.165, 1.54) is 65.8 Å². The average Bonchev–Trinajstić information content (AvgIpc) is 2.94. The number of piperidine rings is 1. The number of benzene rings is 3. The Morgan fingerprint density at radius 1 is 0.722 bits per heavy atom. The van der Waals surface area contributed by atoms with Gasteiger partial charge in [-0.15, -0.1) is 0 Å². The number of hydrogen-bond donors (Lipinski definition) is 0. The van der Waals surface area contributed by atoms with Gasteiger partial charge in [-0.3, -0.25) is 4.90 Å². The number of allylic oxidation sites excluding steroid dienone is 2. The van der Waals surface area contributed by atoms with Crippen LogP contribution in [0.1, 0.15) is 47.9 Å². The van der Waals surface area contributed by atoms with Gasteiger partial charge < -0.3 is 14.2 Å². The van der Waals surface area contributed by atoms with E-state index in [9.17, 15) is 0 Å². The Hall–Kier alpha value is -3.24. The van der Waals surface area contributed by atoms with Crippen LogP contribution in [-0.4, -0.2) is 45.4 Å². The van der Waals surface area contributed by atoms with Crippen LogP contribution in [0.3, 0.4) is 0 Å². The molecule has 188 valence electrons. The normalized spacial score (nSPS) is 15.9. The Morgan fingerprint density at radius 2 is 1.42 bits per heavy atom. The highest BCUT2D eigenvalue weighted by molar-refractivity contribution is 5.94. The molecule has 2 aliphatic rings. The number of hydrogen-bond acceptors (Lipinski definition) is 4. The average molecular weight is 484 g/mol. The summed E-state index contributed by atoms with van der Waals surface area (Å²) in [7, 11) is 3.45. The van der Waals surface area contributed by atoms with Gasteiger partial charge in [-0.25, -0.2) is 0 Å². The van der Waals surface area contributed by atoms with Crippen molar-refractivity contribution in [2.75, 3.05) is 40.5 Å². The van der Waals surface area contributed by atoms with Gasteiger partial charge in [-0.05, 0) is 115 Å². The summed E-state index contributed by atoms with van der Waals surface area (Å²) in [5.74, 6) is 2.76. The summed E-state index contributed by atoms with van der Waals surface area (Å²) >= 11 is 0. The fraction of sp³-hybridized carbons (Fsp3) is 0.375. The van der Waals surface area contributed by atoms with E-state index >= 15 is 0 Å². The largest absolute Gasteiger partial charge is 0.497 e. The molecule has 3 aromatic rings. The molecule has 4 nitrogen and oxygen atoms in total. The monoisotopic (exact) mass is 483 g/mol. The first-order chi connectivity index (χ1) is 17.7. The zero-order valence-corrected chi connectivity index (χ0v) is 21.6. The minimum atomic E-state index is 0.751. The smallest absolute Gasteiger partial charge is 0.119 e. The van der Waals surface area contributed by atoms with Crippen molar-refractivity contribution in [3.05, 3.63) is 89.0 Å². The number of nitrogens with zero attached hydrogens (tertiary/aromatic N) is 1. The molecule has 0 N–H and O–H groups in total. The van der Waals surface area contributed by atoms with Gasteiger partial charge in [0.05, 0.1) is 14.2 Å². The zero-order valence-electron chi connectivity index (χ0n) is 21.6. The third-order valence-corrected chi connectivity index (χ3v) is 7.51. The lowest BCUT2D eigenvalue weighted by Gasteiger charge is -2.26. The van der Waals surface area contributed by atoms with Crippen LogP contribution in [0.5, 0.6) is 17.2 Å². The fourth-order valence-corrected chi connectivity index (χ4v) is 5.47. The van der Waals surface area contributed by atoms with E-state index in [1.807, 2.05) is 0 Å². The molecule has 0 amide bonds. The summed E-state index contributed by atoms with van der Waals surface area (Å²) in [6.45, 7) is 4.18. The molecule has 0 spiro atoms. The van der Waals surface area contributed by atoms with Crippen molar-refractivity contribution in [1.29, 1.82) is 0 Å². The topological polar surface area (TPSA) is 30.9 Å². The Labute approximate surface area is 215 Å². The van der Waals surface area contributed by atoms with Gasteiger partial charge in [-0.1, -0.05) is 36.8 Å². The third-order valence-electron chi connectivity index (χ3n) is 7.51. The fourth-order valence-electron chi connectivity index (χ4n) is 5.47. The minimum absolute atomic E-state index is 0.751. The van der Waals surface area contributed by atoms with Crippen LogP contribution in [0.25, 0.3) is 11.1 Å². The maximum Gasteiger partial charge on any atom is 0.119 e. The molecule has 0 saturated carbocycles. The molecule has 1 aliphatic carbocycles. The predicted octanol–water partition coefficient (Wildman–Crippen LogP) is 6.67. The molecular weight excluding hydrogens is 446 g/mol. The Bertz CT molecular complexity index is 1180. The molecule has 5 rings (SSSR count). The molecule has 1 fully saturated rings. The maximum atomic E-state index is 6.07. The molecule has 4 heteroatoms. The van der Waals surface area contributed by atoms with Crippen LogP contribution in [0.2, 0.25) is 0 Å². The van der Waals surface area contributed by atoms with Crippen molar-refractivity contribution in [1.82, 2.24) is 4.90 Å². The first kappa shape index (κ1) is 24.5. The van der Waals surface area contributed by atoms with Gasteiger partial charge in [0, 0.05) is 6.54 Å². The summed E-state index contributed by atoms with van der Waals surface area (Å²) < 4.78 is 17.0. The third kappa shape index (κ3) is 5.76.